The molecule has 0 bridgehead atoms. The molecule has 0 aliphatic carbocycles. The lowest BCUT2D eigenvalue weighted by atomic mass is 9.84. The van der Waals surface area contributed by atoms with Crippen molar-refractivity contribution in [3.63, 3.8) is 0 Å². The molecule has 124 valence electrons. The third kappa shape index (κ3) is 6.96. The fraction of sp³-hybridized carbons (Fsp3) is 0.941. The van der Waals surface area contributed by atoms with Crippen LogP contribution in [0.25, 0.3) is 0 Å². The van der Waals surface area contributed by atoms with Crippen molar-refractivity contribution in [2.45, 2.75) is 79.0 Å². The largest absolute Gasteiger partial charge is 0.465 e. The minimum Gasteiger partial charge on any atom is -0.465 e. The van der Waals surface area contributed by atoms with E-state index >= 15 is 0 Å². The van der Waals surface area contributed by atoms with Gasteiger partial charge in [0.05, 0.1) is 12.5 Å². The van der Waals surface area contributed by atoms with Crippen molar-refractivity contribution in [1.82, 2.24) is 0 Å². The summed E-state index contributed by atoms with van der Waals surface area (Å²) in [4.78, 5) is 11.6. The molecule has 1 saturated heterocycles. The second kappa shape index (κ2) is 8.32. The maximum Gasteiger partial charge on any atom is 0.308 e. The molecule has 3 unspecified atom stereocenters. The monoisotopic (exact) mass is 314 g/mol. The van der Waals surface area contributed by atoms with Crippen LogP contribution in [0.4, 0.5) is 0 Å². The van der Waals surface area contributed by atoms with Gasteiger partial charge >= 0.3 is 5.97 Å². The normalized spacial score (nSPS) is 25.6. The summed E-state index contributed by atoms with van der Waals surface area (Å²) in [5, 5.41) is 0. The summed E-state index contributed by atoms with van der Waals surface area (Å²) >= 11 is 0. The zero-order valence-corrected chi connectivity index (χ0v) is 15.9. The number of esters is 1. The molecular formula is C17H34O3Si. The summed E-state index contributed by atoms with van der Waals surface area (Å²) in [5.41, 5.74) is 0.215. The van der Waals surface area contributed by atoms with Crippen molar-refractivity contribution < 1.29 is 14.0 Å². The summed E-state index contributed by atoms with van der Waals surface area (Å²) in [6.45, 7) is 13.9. The first-order valence-corrected chi connectivity index (χ1v) is 11.3. The second-order valence-electron chi connectivity index (χ2n) is 7.93. The average Bonchev–Trinajstić information content (AvgIpc) is 2.49. The van der Waals surface area contributed by atoms with Crippen LogP contribution in [0.3, 0.4) is 0 Å². The Kier molecular flexibility index (Phi) is 7.41. The van der Waals surface area contributed by atoms with Crippen molar-refractivity contribution in [3.8, 4) is 0 Å². The van der Waals surface area contributed by atoms with E-state index in [-0.39, 0.29) is 17.3 Å². The highest BCUT2D eigenvalue weighted by molar-refractivity contribution is 6.48. The van der Waals surface area contributed by atoms with E-state index < -0.39 is 9.04 Å². The molecule has 21 heavy (non-hydrogen) atoms. The van der Waals surface area contributed by atoms with E-state index in [1.807, 2.05) is 6.92 Å². The van der Waals surface area contributed by atoms with Crippen molar-refractivity contribution >= 4 is 15.0 Å². The predicted octanol–water partition coefficient (Wildman–Crippen LogP) is 4.16. The van der Waals surface area contributed by atoms with Crippen molar-refractivity contribution in [3.05, 3.63) is 0 Å². The standard InChI is InChI=1S/C17H34O3Si/c1-13-12-14(10-11-19-16(13)18)8-7-9-15(17(2,3)4)20-21(5)6/h13-15,21H,7-12H2,1-6H3. The van der Waals surface area contributed by atoms with Crippen LogP contribution in [0.5, 0.6) is 0 Å². The van der Waals surface area contributed by atoms with Gasteiger partial charge in [-0.3, -0.25) is 4.79 Å². The van der Waals surface area contributed by atoms with E-state index in [1.54, 1.807) is 0 Å². The first kappa shape index (κ1) is 18.7. The Morgan fingerprint density at radius 3 is 2.62 bits per heavy atom. The molecule has 0 aromatic rings. The molecule has 0 radical (unpaired) electrons. The quantitative estimate of drug-likeness (QED) is 0.545. The minimum atomic E-state index is -0.995. The number of ether oxygens (including phenoxy) is 1. The van der Waals surface area contributed by atoms with Crippen LogP contribution in [0.1, 0.15) is 59.8 Å². The second-order valence-corrected chi connectivity index (χ2v) is 10.3. The summed E-state index contributed by atoms with van der Waals surface area (Å²) in [6.07, 6.45) is 5.89. The highest BCUT2D eigenvalue weighted by Crippen LogP contribution is 2.30. The van der Waals surface area contributed by atoms with Crippen LogP contribution in [-0.4, -0.2) is 27.7 Å². The Labute approximate surface area is 132 Å². The molecule has 4 heteroatoms. The molecule has 0 spiro atoms. The molecule has 1 aliphatic rings. The summed E-state index contributed by atoms with van der Waals surface area (Å²) in [7, 11) is -0.995. The van der Waals surface area contributed by atoms with Crippen LogP contribution in [0.2, 0.25) is 13.1 Å². The van der Waals surface area contributed by atoms with Crippen LogP contribution in [-0.2, 0) is 14.0 Å². The van der Waals surface area contributed by atoms with Crippen molar-refractivity contribution in [2.24, 2.45) is 17.3 Å². The average molecular weight is 315 g/mol. The lowest BCUT2D eigenvalue weighted by molar-refractivity contribution is -0.146. The Bertz CT molecular complexity index is 322. The van der Waals surface area contributed by atoms with Gasteiger partial charge in [-0.05, 0) is 43.7 Å². The third-order valence-corrected chi connectivity index (χ3v) is 5.21. The SMILES string of the molecule is CC1CC(CCCC(O[SiH](C)C)C(C)(C)C)CCOC1=O. The van der Waals surface area contributed by atoms with Gasteiger partial charge in [0.15, 0.2) is 9.04 Å². The lowest BCUT2D eigenvalue weighted by Crippen LogP contribution is -2.33. The zero-order valence-electron chi connectivity index (χ0n) is 14.8. The molecule has 0 amide bonds. The topological polar surface area (TPSA) is 35.5 Å². The van der Waals surface area contributed by atoms with Gasteiger partial charge in [-0.2, -0.15) is 0 Å². The maximum atomic E-state index is 11.6. The Balaban J connectivity index is 2.41. The van der Waals surface area contributed by atoms with Gasteiger partial charge < -0.3 is 9.16 Å². The predicted molar refractivity (Wildman–Crippen MR) is 89.9 cm³/mol. The van der Waals surface area contributed by atoms with Gasteiger partial charge in [-0.25, -0.2) is 0 Å². The molecule has 1 aliphatic heterocycles. The van der Waals surface area contributed by atoms with E-state index in [0.717, 1.165) is 19.3 Å². The first-order valence-electron chi connectivity index (χ1n) is 8.52. The Morgan fingerprint density at radius 2 is 2.05 bits per heavy atom. The molecule has 0 N–H and O–H groups in total. The van der Waals surface area contributed by atoms with Crippen LogP contribution >= 0.6 is 0 Å². The Morgan fingerprint density at radius 1 is 1.38 bits per heavy atom. The highest BCUT2D eigenvalue weighted by atomic mass is 28.3. The van der Waals surface area contributed by atoms with Gasteiger partial charge in [0.25, 0.3) is 0 Å². The van der Waals surface area contributed by atoms with E-state index in [9.17, 15) is 4.79 Å². The number of cyclic esters (lactones) is 1. The summed E-state index contributed by atoms with van der Waals surface area (Å²) in [5.74, 6) is 0.679. The van der Waals surface area contributed by atoms with E-state index in [4.69, 9.17) is 9.16 Å². The number of hydrogen-bond donors (Lipinski definition) is 0. The van der Waals surface area contributed by atoms with Gasteiger partial charge in [0, 0.05) is 6.10 Å². The van der Waals surface area contributed by atoms with Gasteiger partial charge in [-0.1, -0.05) is 40.5 Å². The molecule has 1 fully saturated rings. The summed E-state index contributed by atoms with van der Waals surface area (Å²) in [6, 6.07) is 0. The fourth-order valence-electron chi connectivity index (χ4n) is 3.07. The molecular weight excluding hydrogens is 280 g/mol. The van der Waals surface area contributed by atoms with Gasteiger partial charge in [0.1, 0.15) is 0 Å². The van der Waals surface area contributed by atoms with Crippen molar-refractivity contribution in [1.29, 1.82) is 0 Å². The molecule has 0 aromatic carbocycles. The Hall–Kier alpha value is -0.353. The number of carbonyl (C=O) groups excluding carboxylic acids is 1. The number of carbonyl (C=O) groups is 1. The highest BCUT2D eigenvalue weighted by Gasteiger charge is 2.27. The molecule has 3 nitrogen and oxygen atoms in total. The third-order valence-electron chi connectivity index (χ3n) is 4.34. The molecule has 0 saturated carbocycles. The van der Waals surface area contributed by atoms with E-state index in [2.05, 4.69) is 33.9 Å². The molecule has 3 atom stereocenters. The van der Waals surface area contributed by atoms with Crippen molar-refractivity contribution in [2.75, 3.05) is 6.61 Å². The zero-order chi connectivity index (χ0) is 16.0. The molecule has 1 heterocycles. The molecule has 0 aromatic heterocycles. The summed E-state index contributed by atoms with van der Waals surface area (Å²) < 4.78 is 11.4. The number of rotatable bonds is 6. The first-order chi connectivity index (χ1) is 9.70. The van der Waals surface area contributed by atoms with Gasteiger partial charge in [0.2, 0.25) is 0 Å². The van der Waals surface area contributed by atoms with E-state index in [1.165, 1.54) is 12.8 Å². The lowest BCUT2D eigenvalue weighted by Gasteiger charge is -2.33. The van der Waals surface area contributed by atoms with E-state index in [0.29, 0.717) is 18.6 Å². The van der Waals surface area contributed by atoms with Crippen LogP contribution < -0.4 is 0 Å². The smallest absolute Gasteiger partial charge is 0.308 e. The van der Waals surface area contributed by atoms with Crippen LogP contribution in [0.15, 0.2) is 0 Å². The molecule has 1 rings (SSSR count). The number of hydrogen-bond acceptors (Lipinski definition) is 3. The van der Waals surface area contributed by atoms with Gasteiger partial charge in [-0.15, -0.1) is 0 Å². The maximum absolute atomic E-state index is 11.6. The fourth-order valence-corrected chi connectivity index (χ4v) is 4.27. The van der Waals surface area contributed by atoms with Crippen LogP contribution in [0, 0.1) is 17.3 Å². The minimum absolute atomic E-state index is 0.0146.